The number of hydrogen-bond acceptors (Lipinski definition) is 5. The van der Waals surface area contributed by atoms with E-state index in [0.29, 0.717) is 18.3 Å². The Balaban J connectivity index is 1.69. The highest BCUT2D eigenvalue weighted by Gasteiger charge is 2.62. The molecule has 0 aliphatic heterocycles. The molecule has 0 saturated heterocycles. The lowest BCUT2D eigenvalue weighted by atomic mass is 9.47. The maximum Gasteiger partial charge on any atom is 0.264 e. The van der Waals surface area contributed by atoms with Crippen LogP contribution in [0.5, 0.6) is 0 Å². The summed E-state index contributed by atoms with van der Waals surface area (Å²) in [5, 5.41) is 11.2. The minimum atomic E-state index is -3.52. The molecule has 3 saturated carbocycles. The van der Waals surface area contributed by atoms with Crippen LogP contribution < -0.4 is 0 Å². The first kappa shape index (κ1) is 18.4. The lowest BCUT2D eigenvalue weighted by Crippen LogP contribution is -2.56. The molecule has 144 valence electrons. The highest BCUT2D eigenvalue weighted by atomic mass is 32.2. The van der Waals surface area contributed by atoms with E-state index in [4.69, 9.17) is 4.18 Å². The van der Waals surface area contributed by atoms with Gasteiger partial charge in [0.2, 0.25) is 0 Å². The van der Waals surface area contributed by atoms with Gasteiger partial charge in [0.1, 0.15) is 0 Å². The van der Waals surface area contributed by atoms with Gasteiger partial charge in [-0.3, -0.25) is 8.98 Å². The Morgan fingerprint density at radius 2 is 1.96 bits per heavy atom. The molecule has 0 heterocycles. The Morgan fingerprint density at radius 3 is 2.65 bits per heavy atom. The van der Waals surface area contributed by atoms with Crippen LogP contribution in [-0.2, 0) is 19.1 Å². The van der Waals surface area contributed by atoms with E-state index in [1.54, 1.807) is 12.2 Å². The van der Waals surface area contributed by atoms with Crippen LogP contribution in [-0.4, -0.2) is 37.8 Å². The lowest BCUT2D eigenvalue weighted by molar-refractivity contribution is -0.125. The number of rotatable bonds is 2. The fourth-order valence-electron chi connectivity index (χ4n) is 6.65. The van der Waals surface area contributed by atoms with Crippen LogP contribution in [0.2, 0.25) is 0 Å². The van der Waals surface area contributed by atoms with Crippen molar-refractivity contribution in [2.45, 2.75) is 58.2 Å². The third-order valence-corrected chi connectivity index (χ3v) is 8.28. The van der Waals surface area contributed by atoms with Crippen molar-refractivity contribution in [1.29, 1.82) is 0 Å². The standard InChI is InChI=1S/C20H28O5S/c1-19-9-8-13(21)10-12(19)4-5-14-15-6-7-17(25-26(3,23)24)20(15,2)11-16(22)18(14)19/h8-10,14-18,22H,4-7,11H2,1-3H3/t14-,15-,16-,17-,18+,19-,20-/m0/s1. The van der Waals surface area contributed by atoms with Gasteiger partial charge in [0.05, 0.1) is 18.5 Å². The van der Waals surface area contributed by atoms with Crippen LogP contribution in [0.4, 0.5) is 0 Å². The summed E-state index contributed by atoms with van der Waals surface area (Å²) in [6, 6.07) is 0. The minimum absolute atomic E-state index is 0.0357. The predicted molar refractivity (Wildman–Crippen MR) is 97.7 cm³/mol. The van der Waals surface area contributed by atoms with Crippen molar-refractivity contribution in [2.24, 2.45) is 28.6 Å². The summed E-state index contributed by atoms with van der Waals surface area (Å²) >= 11 is 0. The van der Waals surface area contributed by atoms with Crippen LogP contribution in [0.15, 0.2) is 23.8 Å². The van der Waals surface area contributed by atoms with Crippen LogP contribution >= 0.6 is 0 Å². The van der Waals surface area contributed by atoms with Crippen molar-refractivity contribution in [3.8, 4) is 0 Å². The van der Waals surface area contributed by atoms with E-state index in [-0.39, 0.29) is 28.6 Å². The molecule has 0 aromatic carbocycles. The van der Waals surface area contributed by atoms with Gasteiger partial charge in [-0.15, -0.1) is 0 Å². The Morgan fingerprint density at radius 1 is 1.23 bits per heavy atom. The van der Waals surface area contributed by atoms with E-state index in [1.807, 2.05) is 6.08 Å². The van der Waals surface area contributed by atoms with Crippen LogP contribution in [0.1, 0.15) is 46.0 Å². The molecule has 0 aromatic rings. The topological polar surface area (TPSA) is 80.7 Å². The van der Waals surface area contributed by atoms with Gasteiger partial charge >= 0.3 is 0 Å². The zero-order chi connectivity index (χ0) is 18.9. The third-order valence-electron chi connectivity index (χ3n) is 7.70. The summed E-state index contributed by atoms with van der Waals surface area (Å²) in [7, 11) is -3.52. The van der Waals surface area contributed by atoms with Gasteiger partial charge in [0.25, 0.3) is 10.1 Å². The first-order valence-electron chi connectivity index (χ1n) is 9.55. The molecule has 5 nitrogen and oxygen atoms in total. The first-order chi connectivity index (χ1) is 12.0. The Hall–Kier alpha value is -0.980. The van der Waals surface area contributed by atoms with Crippen molar-refractivity contribution < 1.29 is 22.5 Å². The zero-order valence-electron chi connectivity index (χ0n) is 15.6. The monoisotopic (exact) mass is 380 g/mol. The second-order valence-electron chi connectivity index (χ2n) is 9.17. The van der Waals surface area contributed by atoms with Gasteiger partial charge in [0, 0.05) is 16.7 Å². The number of aliphatic hydroxyl groups is 1. The average Bonchev–Trinajstić information content (AvgIpc) is 2.82. The summed E-state index contributed by atoms with van der Waals surface area (Å²) in [4.78, 5) is 11.8. The molecule has 7 atom stereocenters. The van der Waals surface area contributed by atoms with Gasteiger partial charge in [-0.05, 0) is 56.1 Å². The number of aliphatic hydroxyl groups excluding tert-OH is 1. The van der Waals surface area contributed by atoms with E-state index in [0.717, 1.165) is 37.5 Å². The zero-order valence-corrected chi connectivity index (χ0v) is 16.5. The van der Waals surface area contributed by atoms with Crippen LogP contribution in [0.3, 0.4) is 0 Å². The largest absolute Gasteiger partial charge is 0.393 e. The Labute approximate surface area is 155 Å². The number of fused-ring (bicyclic) bond motifs is 5. The highest BCUT2D eigenvalue weighted by molar-refractivity contribution is 7.86. The summed E-state index contributed by atoms with van der Waals surface area (Å²) in [5.74, 6) is 0.763. The van der Waals surface area contributed by atoms with Gasteiger partial charge < -0.3 is 5.11 Å². The van der Waals surface area contributed by atoms with E-state index in [1.165, 1.54) is 0 Å². The first-order valence-corrected chi connectivity index (χ1v) is 11.4. The number of allylic oxidation sites excluding steroid dienone is 4. The Kier molecular flexibility index (Phi) is 4.07. The molecule has 4 aliphatic carbocycles. The van der Waals surface area contributed by atoms with Gasteiger partial charge in [0.15, 0.2) is 5.78 Å². The third kappa shape index (κ3) is 2.64. The van der Waals surface area contributed by atoms with Gasteiger partial charge in [-0.2, -0.15) is 8.42 Å². The molecular weight excluding hydrogens is 352 g/mol. The van der Waals surface area contributed by atoms with Crippen molar-refractivity contribution in [1.82, 2.24) is 0 Å². The highest BCUT2D eigenvalue weighted by Crippen LogP contribution is 2.65. The van der Waals surface area contributed by atoms with Crippen molar-refractivity contribution >= 4 is 15.9 Å². The summed E-state index contributed by atoms with van der Waals surface area (Å²) < 4.78 is 28.8. The minimum Gasteiger partial charge on any atom is -0.393 e. The summed E-state index contributed by atoms with van der Waals surface area (Å²) in [6.45, 7) is 4.23. The number of carbonyl (C=O) groups is 1. The average molecular weight is 381 g/mol. The second-order valence-corrected chi connectivity index (χ2v) is 10.8. The van der Waals surface area contributed by atoms with Crippen LogP contribution in [0, 0.1) is 28.6 Å². The quantitative estimate of drug-likeness (QED) is 0.745. The van der Waals surface area contributed by atoms with Crippen molar-refractivity contribution in [2.75, 3.05) is 6.26 Å². The molecule has 1 N–H and O–H groups in total. The number of hydrogen-bond donors (Lipinski definition) is 1. The SMILES string of the molecule is C[C@]12C[C@H](O)[C@H]3[C@@H](CCC4=CC(=O)C=C[C@@]43C)[C@@H]1CC[C@@H]2OS(C)(=O)=O. The molecule has 3 fully saturated rings. The number of ketones is 1. The van der Waals surface area contributed by atoms with Crippen molar-refractivity contribution in [3.63, 3.8) is 0 Å². The molecule has 26 heavy (non-hydrogen) atoms. The maximum absolute atomic E-state index is 11.8. The summed E-state index contributed by atoms with van der Waals surface area (Å²) in [6.07, 6.45) is 9.60. The van der Waals surface area contributed by atoms with E-state index < -0.39 is 16.2 Å². The Bertz CT molecular complexity index is 797. The van der Waals surface area contributed by atoms with E-state index in [2.05, 4.69) is 13.8 Å². The normalized spacial score (nSPS) is 47.8. The second kappa shape index (κ2) is 5.76. The molecule has 0 unspecified atom stereocenters. The van der Waals surface area contributed by atoms with Crippen LogP contribution in [0.25, 0.3) is 0 Å². The summed E-state index contributed by atoms with van der Waals surface area (Å²) in [5.41, 5.74) is 0.527. The molecule has 6 heteroatoms. The molecule has 4 rings (SSSR count). The van der Waals surface area contributed by atoms with Gasteiger partial charge in [-0.1, -0.05) is 25.5 Å². The number of carbonyl (C=O) groups excluding carboxylic acids is 1. The van der Waals surface area contributed by atoms with E-state index >= 15 is 0 Å². The van der Waals surface area contributed by atoms with E-state index in [9.17, 15) is 18.3 Å². The molecular formula is C20H28O5S. The van der Waals surface area contributed by atoms with Crippen molar-refractivity contribution in [3.05, 3.63) is 23.8 Å². The predicted octanol–water partition coefficient (Wildman–Crippen LogP) is 2.61. The molecule has 0 amide bonds. The van der Waals surface area contributed by atoms with Gasteiger partial charge in [-0.25, -0.2) is 0 Å². The molecule has 0 aromatic heterocycles. The molecule has 0 radical (unpaired) electrons. The fourth-order valence-corrected chi connectivity index (χ4v) is 7.39. The fraction of sp³-hybridized carbons (Fsp3) is 0.750. The molecule has 0 spiro atoms. The molecule has 4 aliphatic rings. The smallest absolute Gasteiger partial charge is 0.264 e. The maximum atomic E-state index is 11.8. The lowest BCUT2D eigenvalue weighted by Gasteiger charge is -2.58. The molecule has 0 bridgehead atoms.